The maximum atomic E-state index is 11.8. The van der Waals surface area contributed by atoms with Gasteiger partial charge in [0, 0.05) is 36.3 Å². The fourth-order valence-electron chi connectivity index (χ4n) is 1.89. The van der Waals surface area contributed by atoms with Gasteiger partial charge in [0.1, 0.15) is 0 Å². The van der Waals surface area contributed by atoms with Crippen LogP contribution < -0.4 is 16.0 Å². The minimum atomic E-state index is -0.194. The molecular formula is C15H20N4OS. The van der Waals surface area contributed by atoms with Gasteiger partial charge in [0.2, 0.25) is 0 Å². The lowest BCUT2D eigenvalue weighted by atomic mass is 10.1. The van der Waals surface area contributed by atoms with E-state index in [4.69, 9.17) is 0 Å². The van der Waals surface area contributed by atoms with E-state index >= 15 is 0 Å². The normalized spacial score (nSPS) is 11.9. The van der Waals surface area contributed by atoms with Crippen molar-refractivity contribution >= 4 is 23.1 Å². The zero-order valence-electron chi connectivity index (χ0n) is 12.2. The van der Waals surface area contributed by atoms with Gasteiger partial charge in [-0.25, -0.2) is 9.78 Å². The topological polar surface area (TPSA) is 66.0 Å². The number of anilines is 1. The number of carbonyl (C=O) groups is 1. The van der Waals surface area contributed by atoms with Crippen molar-refractivity contribution in [3.63, 3.8) is 0 Å². The molecule has 21 heavy (non-hydrogen) atoms. The minimum Gasteiger partial charge on any atom is -0.337 e. The van der Waals surface area contributed by atoms with Crippen LogP contribution in [0.5, 0.6) is 0 Å². The molecular weight excluding hydrogens is 284 g/mol. The van der Waals surface area contributed by atoms with E-state index in [0.29, 0.717) is 6.54 Å². The molecule has 2 rings (SSSR count). The number of hydrogen-bond donors (Lipinski definition) is 3. The van der Waals surface area contributed by atoms with Gasteiger partial charge in [-0.15, -0.1) is 11.3 Å². The Morgan fingerprint density at radius 2 is 2.29 bits per heavy atom. The molecule has 2 amide bonds. The predicted molar refractivity (Wildman–Crippen MR) is 86.8 cm³/mol. The molecule has 0 fully saturated rings. The first-order valence-corrected chi connectivity index (χ1v) is 7.77. The third-order valence-electron chi connectivity index (χ3n) is 3.19. The second-order valence-electron chi connectivity index (χ2n) is 4.69. The van der Waals surface area contributed by atoms with E-state index in [-0.39, 0.29) is 12.1 Å². The number of carbonyl (C=O) groups excluding carboxylic acids is 1. The number of aromatic nitrogens is 1. The fraction of sp³-hybridized carbons (Fsp3) is 0.333. The molecule has 0 aliphatic heterocycles. The third kappa shape index (κ3) is 4.84. The SMILES string of the molecule is CNC(C)c1cccc(NC(=O)NCCc2nccs2)c1. The van der Waals surface area contributed by atoms with E-state index in [1.165, 1.54) is 0 Å². The standard InChI is InChI=1S/C15H20N4OS/c1-11(16-2)12-4-3-5-13(10-12)19-15(20)18-7-6-14-17-8-9-21-14/h3-5,8-11,16H,6-7H2,1-2H3,(H2,18,19,20). The number of urea groups is 1. The van der Waals surface area contributed by atoms with Crippen molar-refractivity contribution in [1.29, 1.82) is 0 Å². The highest BCUT2D eigenvalue weighted by atomic mass is 32.1. The highest BCUT2D eigenvalue weighted by Crippen LogP contribution is 2.16. The predicted octanol–water partition coefficient (Wildman–Crippen LogP) is 2.79. The number of nitrogens with zero attached hydrogens (tertiary/aromatic N) is 1. The van der Waals surface area contributed by atoms with Gasteiger partial charge in [0.25, 0.3) is 0 Å². The molecule has 0 saturated carbocycles. The highest BCUT2D eigenvalue weighted by Gasteiger charge is 2.05. The summed E-state index contributed by atoms with van der Waals surface area (Å²) in [6, 6.07) is 7.88. The maximum Gasteiger partial charge on any atom is 0.319 e. The van der Waals surface area contributed by atoms with Crippen LogP contribution in [-0.4, -0.2) is 24.6 Å². The molecule has 1 aromatic heterocycles. The number of hydrogen-bond acceptors (Lipinski definition) is 4. The molecule has 0 bridgehead atoms. The third-order valence-corrected chi connectivity index (χ3v) is 4.02. The van der Waals surface area contributed by atoms with Crippen molar-refractivity contribution in [2.45, 2.75) is 19.4 Å². The summed E-state index contributed by atoms with van der Waals surface area (Å²) >= 11 is 1.60. The van der Waals surface area contributed by atoms with Crippen molar-refractivity contribution in [3.05, 3.63) is 46.4 Å². The lowest BCUT2D eigenvalue weighted by Gasteiger charge is -2.13. The monoisotopic (exact) mass is 304 g/mol. The van der Waals surface area contributed by atoms with Crippen LogP contribution in [-0.2, 0) is 6.42 Å². The Morgan fingerprint density at radius 1 is 1.43 bits per heavy atom. The molecule has 0 saturated heterocycles. The molecule has 0 aliphatic rings. The Kier molecular flexibility index (Phi) is 5.71. The van der Waals surface area contributed by atoms with E-state index in [1.54, 1.807) is 17.5 Å². The molecule has 0 aliphatic carbocycles. The van der Waals surface area contributed by atoms with E-state index in [9.17, 15) is 4.79 Å². The van der Waals surface area contributed by atoms with E-state index in [1.807, 2.05) is 36.7 Å². The first kappa shape index (κ1) is 15.5. The van der Waals surface area contributed by atoms with Gasteiger partial charge in [-0.05, 0) is 31.7 Å². The number of amides is 2. The Hall–Kier alpha value is -1.92. The molecule has 5 nitrogen and oxygen atoms in total. The molecule has 2 aromatic rings. The lowest BCUT2D eigenvalue weighted by Crippen LogP contribution is -2.30. The van der Waals surface area contributed by atoms with E-state index in [0.717, 1.165) is 22.7 Å². The summed E-state index contributed by atoms with van der Waals surface area (Å²) in [6.45, 7) is 2.65. The summed E-state index contributed by atoms with van der Waals surface area (Å²) in [5.74, 6) is 0. The van der Waals surface area contributed by atoms with E-state index in [2.05, 4.69) is 27.9 Å². The van der Waals surface area contributed by atoms with Gasteiger partial charge < -0.3 is 16.0 Å². The van der Waals surface area contributed by atoms with Crippen molar-refractivity contribution in [2.24, 2.45) is 0 Å². The number of nitrogens with one attached hydrogen (secondary N) is 3. The first-order valence-electron chi connectivity index (χ1n) is 6.89. The zero-order valence-corrected chi connectivity index (χ0v) is 13.0. The van der Waals surface area contributed by atoms with Crippen molar-refractivity contribution in [2.75, 3.05) is 18.9 Å². The quantitative estimate of drug-likeness (QED) is 0.769. The molecule has 112 valence electrons. The van der Waals surface area contributed by atoms with Gasteiger partial charge in [-0.3, -0.25) is 0 Å². The van der Waals surface area contributed by atoms with Gasteiger partial charge >= 0.3 is 6.03 Å². The summed E-state index contributed by atoms with van der Waals surface area (Å²) in [7, 11) is 1.91. The molecule has 1 aromatic carbocycles. The minimum absolute atomic E-state index is 0.194. The molecule has 0 radical (unpaired) electrons. The van der Waals surface area contributed by atoms with Gasteiger partial charge in [-0.2, -0.15) is 0 Å². The summed E-state index contributed by atoms with van der Waals surface area (Å²) < 4.78 is 0. The second-order valence-corrected chi connectivity index (χ2v) is 5.67. The van der Waals surface area contributed by atoms with Crippen LogP contribution in [0, 0.1) is 0 Å². The average molecular weight is 304 g/mol. The van der Waals surface area contributed by atoms with Crippen LogP contribution >= 0.6 is 11.3 Å². The highest BCUT2D eigenvalue weighted by molar-refractivity contribution is 7.09. The van der Waals surface area contributed by atoms with Crippen LogP contribution in [0.15, 0.2) is 35.8 Å². The van der Waals surface area contributed by atoms with Crippen molar-refractivity contribution in [1.82, 2.24) is 15.6 Å². The van der Waals surface area contributed by atoms with Crippen LogP contribution in [0.4, 0.5) is 10.5 Å². The Bertz CT molecular complexity index is 571. The maximum absolute atomic E-state index is 11.8. The molecule has 1 atom stereocenters. The Labute approximate surface area is 128 Å². The first-order chi connectivity index (χ1) is 10.2. The molecule has 3 N–H and O–H groups in total. The summed E-state index contributed by atoms with van der Waals surface area (Å²) in [6.07, 6.45) is 2.52. The summed E-state index contributed by atoms with van der Waals surface area (Å²) in [4.78, 5) is 16.0. The van der Waals surface area contributed by atoms with Crippen molar-refractivity contribution < 1.29 is 4.79 Å². The lowest BCUT2D eigenvalue weighted by molar-refractivity contribution is 0.252. The molecule has 1 heterocycles. The molecule has 1 unspecified atom stereocenters. The Morgan fingerprint density at radius 3 is 3.00 bits per heavy atom. The van der Waals surface area contributed by atoms with Gasteiger partial charge in [0.05, 0.1) is 5.01 Å². The fourth-order valence-corrected chi connectivity index (χ4v) is 2.51. The molecule has 0 spiro atoms. The van der Waals surface area contributed by atoms with Crippen LogP contribution in [0.25, 0.3) is 0 Å². The number of rotatable bonds is 6. The van der Waals surface area contributed by atoms with E-state index < -0.39 is 0 Å². The number of thiazole rings is 1. The Balaban J connectivity index is 1.82. The number of benzene rings is 1. The largest absolute Gasteiger partial charge is 0.337 e. The van der Waals surface area contributed by atoms with Crippen LogP contribution in [0.3, 0.4) is 0 Å². The van der Waals surface area contributed by atoms with Gasteiger partial charge in [-0.1, -0.05) is 12.1 Å². The summed E-state index contributed by atoms with van der Waals surface area (Å²) in [5, 5.41) is 11.8. The average Bonchev–Trinajstić information content (AvgIpc) is 3.00. The molecule has 6 heteroatoms. The zero-order chi connectivity index (χ0) is 15.1. The summed E-state index contributed by atoms with van der Waals surface area (Å²) in [5.41, 5.74) is 1.93. The van der Waals surface area contributed by atoms with Gasteiger partial charge in [0.15, 0.2) is 0 Å². The van der Waals surface area contributed by atoms with Crippen LogP contribution in [0.1, 0.15) is 23.5 Å². The second kappa shape index (κ2) is 7.75. The smallest absolute Gasteiger partial charge is 0.319 e. The van der Waals surface area contributed by atoms with Crippen molar-refractivity contribution in [3.8, 4) is 0 Å². The van der Waals surface area contributed by atoms with Crippen LogP contribution in [0.2, 0.25) is 0 Å².